The Morgan fingerprint density at radius 2 is 1.74 bits per heavy atom. The summed E-state index contributed by atoms with van der Waals surface area (Å²) in [5.74, 6) is -0.222. The monoisotopic (exact) mass is 309 g/mol. The lowest BCUT2D eigenvalue weighted by Crippen LogP contribution is -2.15. The van der Waals surface area contributed by atoms with Crippen molar-refractivity contribution in [3.05, 3.63) is 66.5 Å². The van der Waals surface area contributed by atoms with Crippen LogP contribution in [0.3, 0.4) is 0 Å². The molecular weight excluding hydrogens is 290 g/mol. The number of pyridine rings is 1. The summed E-state index contributed by atoms with van der Waals surface area (Å²) < 4.78 is 0. The van der Waals surface area contributed by atoms with Gasteiger partial charge in [-0.2, -0.15) is 0 Å². The van der Waals surface area contributed by atoms with Gasteiger partial charge in [-0.25, -0.2) is 0 Å². The second kappa shape index (κ2) is 7.89. The summed E-state index contributed by atoms with van der Waals surface area (Å²) in [5.41, 5.74) is 1.53. The first-order valence-corrected chi connectivity index (χ1v) is 7.36. The fraction of sp³-hybridized carbons (Fsp3) is 0.167. The highest BCUT2D eigenvalue weighted by Gasteiger charge is 2.10. The van der Waals surface area contributed by atoms with Gasteiger partial charge < -0.3 is 10.6 Å². The Morgan fingerprint density at radius 1 is 1.04 bits per heavy atom. The van der Waals surface area contributed by atoms with E-state index in [1.54, 1.807) is 42.6 Å². The first kappa shape index (κ1) is 16.4. The third-order valence-electron chi connectivity index (χ3n) is 2.99. The van der Waals surface area contributed by atoms with E-state index in [1.165, 1.54) is 12.3 Å². The Balaban J connectivity index is 2.11. The smallest absolute Gasteiger partial charge is 0.257 e. The van der Waals surface area contributed by atoms with E-state index in [2.05, 4.69) is 15.6 Å². The Hall–Kier alpha value is -2.95. The highest BCUT2D eigenvalue weighted by Crippen LogP contribution is 2.21. The number of para-hydroxylation sites is 2. The zero-order valence-corrected chi connectivity index (χ0v) is 13.1. The predicted octanol–water partition coefficient (Wildman–Crippen LogP) is 3.48. The predicted molar refractivity (Wildman–Crippen MR) is 91.2 cm³/mol. The number of amides is 2. The first-order chi connectivity index (χ1) is 11.1. The lowest BCUT2D eigenvalue weighted by Gasteiger charge is -2.11. The van der Waals surface area contributed by atoms with Crippen molar-refractivity contribution in [2.45, 2.75) is 13.8 Å². The van der Waals surface area contributed by atoms with Gasteiger partial charge in [-0.05, 0) is 36.3 Å². The summed E-state index contributed by atoms with van der Waals surface area (Å²) in [7, 11) is 0. The van der Waals surface area contributed by atoms with E-state index in [-0.39, 0.29) is 11.8 Å². The van der Waals surface area contributed by atoms with E-state index in [9.17, 15) is 9.59 Å². The SMILES string of the molecule is CC(C)/C=C/C(=O)Nc1ccccc1NC(=O)c1cccnc1. The number of nitrogens with one attached hydrogen (secondary N) is 2. The van der Waals surface area contributed by atoms with Crippen molar-refractivity contribution < 1.29 is 9.59 Å². The molecule has 0 unspecified atom stereocenters. The van der Waals surface area contributed by atoms with Crippen LogP contribution in [0.1, 0.15) is 24.2 Å². The van der Waals surface area contributed by atoms with E-state index < -0.39 is 0 Å². The van der Waals surface area contributed by atoms with E-state index >= 15 is 0 Å². The van der Waals surface area contributed by atoms with E-state index in [0.717, 1.165) is 0 Å². The molecule has 2 rings (SSSR count). The minimum atomic E-state index is -0.280. The van der Waals surface area contributed by atoms with Gasteiger partial charge >= 0.3 is 0 Å². The molecule has 1 aromatic heterocycles. The number of nitrogens with zero attached hydrogens (tertiary/aromatic N) is 1. The minimum Gasteiger partial charge on any atom is -0.321 e. The van der Waals surface area contributed by atoms with Crippen molar-refractivity contribution in [2.75, 3.05) is 10.6 Å². The number of hydrogen-bond acceptors (Lipinski definition) is 3. The van der Waals surface area contributed by atoms with Crippen molar-refractivity contribution in [1.29, 1.82) is 0 Å². The van der Waals surface area contributed by atoms with Gasteiger partial charge in [0.25, 0.3) is 5.91 Å². The molecule has 0 saturated heterocycles. The molecule has 118 valence electrons. The average molecular weight is 309 g/mol. The highest BCUT2D eigenvalue weighted by atomic mass is 16.2. The van der Waals surface area contributed by atoms with Crippen molar-refractivity contribution in [3.63, 3.8) is 0 Å². The van der Waals surface area contributed by atoms with E-state index in [0.29, 0.717) is 22.9 Å². The third kappa shape index (κ3) is 5.07. The number of carbonyl (C=O) groups excluding carboxylic acids is 2. The number of allylic oxidation sites excluding steroid dienone is 1. The average Bonchev–Trinajstić information content (AvgIpc) is 2.55. The van der Waals surface area contributed by atoms with Crippen LogP contribution < -0.4 is 10.6 Å². The second-order valence-corrected chi connectivity index (χ2v) is 5.33. The van der Waals surface area contributed by atoms with Gasteiger partial charge in [-0.15, -0.1) is 0 Å². The van der Waals surface area contributed by atoms with Crippen molar-refractivity contribution >= 4 is 23.2 Å². The van der Waals surface area contributed by atoms with Crippen LogP contribution in [0.4, 0.5) is 11.4 Å². The fourth-order valence-electron chi connectivity index (χ4n) is 1.85. The highest BCUT2D eigenvalue weighted by molar-refractivity contribution is 6.08. The molecule has 0 radical (unpaired) electrons. The molecule has 0 aliphatic heterocycles. The van der Waals surface area contributed by atoms with E-state index in [1.807, 2.05) is 19.9 Å². The van der Waals surface area contributed by atoms with Crippen molar-refractivity contribution in [2.24, 2.45) is 5.92 Å². The van der Waals surface area contributed by atoms with Crippen LogP contribution in [-0.2, 0) is 4.79 Å². The number of carbonyl (C=O) groups is 2. The largest absolute Gasteiger partial charge is 0.321 e. The maximum Gasteiger partial charge on any atom is 0.257 e. The van der Waals surface area contributed by atoms with Crippen LogP contribution >= 0.6 is 0 Å². The Kier molecular flexibility index (Phi) is 5.63. The first-order valence-electron chi connectivity index (χ1n) is 7.36. The quantitative estimate of drug-likeness (QED) is 0.831. The molecule has 0 saturated carbocycles. The topological polar surface area (TPSA) is 71.1 Å². The third-order valence-corrected chi connectivity index (χ3v) is 2.99. The summed E-state index contributed by atoms with van der Waals surface area (Å²) in [6.45, 7) is 3.98. The van der Waals surface area contributed by atoms with Gasteiger partial charge in [0.1, 0.15) is 0 Å². The Labute approximate surface area is 135 Å². The van der Waals surface area contributed by atoms with Crippen LogP contribution in [0.25, 0.3) is 0 Å². The molecule has 2 amide bonds. The van der Waals surface area contributed by atoms with E-state index in [4.69, 9.17) is 0 Å². The molecule has 2 N–H and O–H groups in total. The number of rotatable bonds is 5. The standard InChI is InChI=1S/C18H19N3O2/c1-13(2)9-10-17(22)20-15-7-3-4-8-16(15)21-18(23)14-6-5-11-19-12-14/h3-13H,1-2H3,(H,20,22)(H,21,23)/b10-9+. The van der Waals surface area contributed by atoms with Crippen molar-refractivity contribution in [3.8, 4) is 0 Å². The van der Waals surface area contributed by atoms with Crippen LogP contribution in [0, 0.1) is 5.92 Å². The maximum absolute atomic E-state index is 12.2. The van der Waals surface area contributed by atoms with Gasteiger partial charge in [0, 0.05) is 12.4 Å². The fourth-order valence-corrected chi connectivity index (χ4v) is 1.85. The van der Waals surface area contributed by atoms with Gasteiger partial charge in [-0.1, -0.05) is 32.1 Å². The zero-order valence-electron chi connectivity index (χ0n) is 13.1. The summed E-state index contributed by atoms with van der Waals surface area (Å²) in [6.07, 6.45) is 6.39. The van der Waals surface area contributed by atoms with Gasteiger partial charge in [0.2, 0.25) is 5.91 Å². The Bertz CT molecular complexity index is 709. The lowest BCUT2D eigenvalue weighted by atomic mass is 10.2. The van der Waals surface area contributed by atoms with Crippen LogP contribution in [0.2, 0.25) is 0 Å². The number of hydrogen-bond donors (Lipinski definition) is 2. The number of anilines is 2. The molecule has 23 heavy (non-hydrogen) atoms. The molecule has 0 fully saturated rings. The minimum absolute atomic E-state index is 0.234. The molecule has 0 bridgehead atoms. The molecule has 5 nitrogen and oxygen atoms in total. The molecule has 1 aromatic carbocycles. The van der Waals surface area contributed by atoms with Crippen LogP contribution in [0.15, 0.2) is 60.9 Å². The van der Waals surface area contributed by atoms with Gasteiger partial charge in [-0.3, -0.25) is 14.6 Å². The van der Waals surface area contributed by atoms with Crippen LogP contribution in [0.5, 0.6) is 0 Å². The summed E-state index contributed by atoms with van der Waals surface area (Å²) in [4.78, 5) is 28.0. The normalized spacial score (nSPS) is 10.7. The molecule has 0 spiro atoms. The summed E-state index contributed by atoms with van der Waals surface area (Å²) >= 11 is 0. The summed E-state index contributed by atoms with van der Waals surface area (Å²) in [6, 6.07) is 10.4. The van der Waals surface area contributed by atoms with Gasteiger partial charge in [0.15, 0.2) is 0 Å². The zero-order chi connectivity index (χ0) is 16.7. The number of benzene rings is 1. The summed E-state index contributed by atoms with van der Waals surface area (Å²) in [5, 5.41) is 5.55. The molecule has 2 aromatic rings. The molecule has 1 heterocycles. The van der Waals surface area contributed by atoms with Crippen LogP contribution in [-0.4, -0.2) is 16.8 Å². The van der Waals surface area contributed by atoms with Gasteiger partial charge in [0.05, 0.1) is 16.9 Å². The molecule has 5 heteroatoms. The number of aromatic nitrogens is 1. The molecule has 0 aliphatic carbocycles. The Morgan fingerprint density at radius 3 is 2.35 bits per heavy atom. The molecule has 0 aliphatic rings. The maximum atomic E-state index is 12.2. The second-order valence-electron chi connectivity index (χ2n) is 5.33. The molecule has 0 atom stereocenters. The van der Waals surface area contributed by atoms with Crippen molar-refractivity contribution in [1.82, 2.24) is 4.98 Å². The lowest BCUT2D eigenvalue weighted by molar-refractivity contribution is -0.111. The molecular formula is C18H19N3O2.